The minimum Gasteiger partial charge on any atom is -0.454 e. The zero-order chi connectivity index (χ0) is 12.4. The van der Waals surface area contributed by atoms with Crippen molar-refractivity contribution < 1.29 is 14.3 Å². The molecule has 1 aromatic rings. The highest BCUT2D eigenvalue weighted by atomic mass is 16.7. The summed E-state index contributed by atoms with van der Waals surface area (Å²) in [4.78, 5) is 12.7. The number of benzene rings is 1. The van der Waals surface area contributed by atoms with Gasteiger partial charge in [-0.2, -0.15) is 5.26 Å². The predicted octanol–water partition coefficient (Wildman–Crippen LogP) is 1.46. The first-order valence-corrected chi connectivity index (χ1v) is 5.16. The lowest BCUT2D eigenvalue weighted by atomic mass is 10.1. The maximum atomic E-state index is 11.3. The van der Waals surface area contributed by atoms with Crippen molar-refractivity contribution in [2.45, 2.75) is 13.0 Å². The van der Waals surface area contributed by atoms with Crippen LogP contribution in [0.1, 0.15) is 18.5 Å². The third kappa shape index (κ3) is 2.02. The molecule has 5 nitrogen and oxygen atoms in total. The summed E-state index contributed by atoms with van der Waals surface area (Å²) in [6.45, 7) is 1.62. The van der Waals surface area contributed by atoms with Crippen molar-refractivity contribution in [2.24, 2.45) is 0 Å². The zero-order valence-corrected chi connectivity index (χ0v) is 9.64. The molecule has 0 saturated carbocycles. The molecule has 1 aliphatic heterocycles. The van der Waals surface area contributed by atoms with Gasteiger partial charge >= 0.3 is 0 Å². The largest absolute Gasteiger partial charge is 0.454 e. The molecule has 1 aromatic carbocycles. The Morgan fingerprint density at radius 2 is 2.18 bits per heavy atom. The molecular formula is C12H12N2O3. The van der Waals surface area contributed by atoms with E-state index < -0.39 is 6.04 Å². The highest BCUT2D eigenvalue weighted by molar-refractivity contribution is 5.74. The molecule has 0 spiro atoms. The minimum absolute atomic E-state index is 0.158. The Morgan fingerprint density at radius 1 is 1.47 bits per heavy atom. The van der Waals surface area contributed by atoms with Crippen molar-refractivity contribution in [3.05, 3.63) is 23.8 Å². The van der Waals surface area contributed by atoms with Crippen LogP contribution in [-0.4, -0.2) is 24.6 Å². The third-order valence-corrected chi connectivity index (χ3v) is 2.72. The van der Waals surface area contributed by atoms with Crippen molar-refractivity contribution in [3.63, 3.8) is 0 Å². The van der Waals surface area contributed by atoms with E-state index in [0.717, 1.165) is 5.56 Å². The molecule has 0 N–H and O–H groups in total. The Kier molecular flexibility index (Phi) is 2.88. The third-order valence-electron chi connectivity index (χ3n) is 2.72. The number of nitrogens with zero attached hydrogens (tertiary/aromatic N) is 2. The lowest BCUT2D eigenvalue weighted by Crippen LogP contribution is -2.28. The van der Waals surface area contributed by atoms with Crippen LogP contribution >= 0.6 is 0 Å². The first-order valence-electron chi connectivity index (χ1n) is 5.16. The molecule has 1 unspecified atom stereocenters. The van der Waals surface area contributed by atoms with Gasteiger partial charge in [0.1, 0.15) is 6.04 Å². The van der Waals surface area contributed by atoms with E-state index in [1.54, 1.807) is 25.2 Å². The van der Waals surface area contributed by atoms with Crippen molar-refractivity contribution in [1.29, 1.82) is 5.26 Å². The van der Waals surface area contributed by atoms with Crippen molar-refractivity contribution >= 4 is 5.91 Å². The minimum atomic E-state index is -0.609. The van der Waals surface area contributed by atoms with Crippen LogP contribution in [0, 0.1) is 11.3 Å². The van der Waals surface area contributed by atoms with Gasteiger partial charge in [0.25, 0.3) is 0 Å². The Balaban J connectivity index is 2.32. The molecule has 0 aliphatic carbocycles. The van der Waals surface area contributed by atoms with Crippen LogP contribution in [0.5, 0.6) is 11.5 Å². The summed E-state index contributed by atoms with van der Waals surface area (Å²) in [6.07, 6.45) is 0. The van der Waals surface area contributed by atoms with Gasteiger partial charge in [0.2, 0.25) is 12.7 Å². The summed E-state index contributed by atoms with van der Waals surface area (Å²) in [6, 6.07) is 6.73. The number of ether oxygens (including phenoxy) is 2. The second-order valence-corrected chi connectivity index (χ2v) is 3.77. The molecule has 0 aromatic heterocycles. The highest BCUT2D eigenvalue weighted by Crippen LogP contribution is 2.35. The van der Waals surface area contributed by atoms with Gasteiger partial charge in [0.15, 0.2) is 11.5 Å². The lowest BCUT2D eigenvalue weighted by molar-refractivity contribution is -0.128. The van der Waals surface area contributed by atoms with E-state index in [1.165, 1.54) is 11.8 Å². The SMILES string of the molecule is CC(=O)N(C)C(C#N)c1ccc2c(c1)OCO2. The maximum Gasteiger partial charge on any atom is 0.231 e. The molecule has 1 atom stereocenters. The summed E-state index contributed by atoms with van der Waals surface area (Å²) in [5.74, 6) is 1.12. The van der Waals surface area contributed by atoms with Crippen LogP contribution in [0.3, 0.4) is 0 Å². The van der Waals surface area contributed by atoms with Crippen LogP contribution in [0.25, 0.3) is 0 Å². The van der Waals surface area contributed by atoms with Crippen molar-refractivity contribution in [2.75, 3.05) is 13.8 Å². The van der Waals surface area contributed by atoms with Gasteiger partial charge in [-0.1, -0.05) is 6.07 Å². The average Bonchev–Trinajstić information content (AvgIpc) is 2.77. The van der Waals surface area contributed by atoms with E-state index in [4.69, 9.17) is 14.7 Å². The highest BCUT2D eigenvalue weighted by Gasteiger charge is 2.22. The van der Waals surface area contributed by atoms with Gasteiger partial charge in [-0.3, -0.25) is 4.79 Å². The van der Waals surface area contributed by atoms with Gasteiger partial charge in [-0.05, 0) is 17.7 Å². The summed E-state index contributed by atoms with van der Waals surface area (Å²) in [5.41, 5.74) is 0.717. The Hall–Kier alpha value is -2.22. The van der Waals surface area contributed by atoms with Gasteiger partial charge in [-0.25, -0.2) is 0 Å². The number of carbonyl (C=O) groups excluding carboxylic acids is 1. The molecule has 17 heavy (non-hydrogen) atoms. The molecule has 1 heterocycles. The van der Waals surface area contributed by atoms with E-state index in [-0.39, 0.29) is 12.7 Å². The van der Waals surface area contributed by atoms with Crippen LogP contribution in [0.2, 0.25) is 0 Å². The first kappa shape index (κ1) is 11.3. The van der Waals surface area contributed by atoms with Crippen LogP contribution < -0.4 is 9.47 Å². The Morgan fingerprint density at radius 3 is 2.82 bits per heavy atom. The summed E-state index contributed by atoms with van der Waals surface area (Å²) < 4.78 is 10.4. The van der Waals surface area contributed by atoms with Gasteiger partial charge in [0.05, 0.1) is 6.07 Å². The number of amides is 1. The lowest BCUT2D eigenvalue weighted by Gasteiger charge is -2.21. The second-order valence-electron chi connectivity index (χ2n) is 3.77. The molecule has 0 fully saturated rings. The smallest absolute Gasteiger partial charge is 0.231 e. The van der Waals surface area contributed by atoms with E-state index in [9.17, 15) is 4.79 Å². The Bertz CT molecular complexity index is 493. The number of rotatable bonds is 2. The summed E-state index contributed by atoms with van der Waals surface area (Å²) in [7, 11) is 1.60. The normalized spacial score (nSPS) is 13.9. The van der Waals surface area contributed by atoms with E-state index in [0.29, 0.717) is 11.5 Å². The van der Waals surface area contributed by atoms with E-state index in [2.05, 4.69) is 6.07 Å². The van der Waals surface area contributed by atoms with Crippen LogP contribution in [0.15, 0.2) is 18.2 Å². The van der Waals surface area contributed by atoms with Crippen molar-refractivity contribution in [1.82, 2.24) is 4.90 Å². The quantitative estimate of drug-likeness (QED) is 0.774. The fraction of sp³-hybridized carbons (Fsp3) is 0.333. The van der Waals surface area contributed by atoms with Crippen molar-refractivity contribution in [3.8, 4) is 17.6 Å². The van der Waals surface area contributed by atoms with E-state index >= 15 is 0 Å². The number of nitriles is 1. The standard InChI is InChI=1S/C12H12N2O3/c1-8(15)14(2)10(6-13)9-3-4-11-12(5-9)17-7-16-11/h3-5,10H,7H2,1-2H3. The number of fused-ring (bicyclic) bond motifs is 1. The van der Waals surface area contributed by atoms with Crippen LogP contribution in [0.4, 0.5) is 0 Å². The molecule has 5 heteroatoms. The average molecular weight is 232 g/mol. The van der Waals surface area contributed by atoms with Crippen LogP contribution in [-0.2, 0) is 4.79 Å². The molecule has 2 rings (SSSR count). The monoisotopic (exact) mass is 232 g/mol. The zero-order valence-electron chi connectivity index (χ0n) is 9.64. The molecule has 0 saturated heterocycles. The fourth-order valence-corrected chi connectivity index (χ4v) is 1.65. The first-order chi connectivity index (χ1) is 8.13. The summed E-state index contributed by atoms with van der Waals surface area (Å²) in [5, 5.41) is 9.13. The number of hydrogen-bond donors (Lipinski definition) is 0. The molecule has 0 bridgehead atoms. The maximum absolute atomic E-state index is 11.3. The molecule has 0 radical (unpaired) electrons. The topological polar surface area (TPSA) is 62.6 Å². The van der Waals surface area contributed by atoms with Gasteiger partial charge in [0, 0.05) is 14.0 Å². The molecule has 88 valence electrons. The van der Waals surface area contributed by atoms with Gasteiger partial charge in [-0.15, -0.1) is 0 Å². The number of carbonyl (C=O) groups is 1. The van der Waals surface area contributed by atoms with Gasteiger partial charge < -0.3 is 14.4 Å². The molecule has 1 aliphatic rings. The predicted molar refractivity (Wildman–Crippen MR) is 59.4 cm³/mol. The Labute approximate surface area is 99.2 Å². The fourth-order valence-electron chi connectivity index (χ4n) is 1.65. The number of hydrogen-bond acceptors (Lipinski definition) is 4. The van der Waals surface area contributed by atoms with E-state index in [1.807, 2.05) is 0 Å². The molecule has 1 amide bonds. The summed E-state index contributed by atoms with van der Waals surface area (Å²) >= 11 is 0. The second kappa shape index (κ2) is 4.34. The molecular weight excluding hydrogens is 220 g/mol.